The Morgan fingerprint density at radius 2 is 2.07 bits per heavy atom. The van der Waals surface area contributed by atoms with Crippen LogP contribution in [0.1, 0.15) is 12.5 Å². The van der Waals surface area contributed by atoms with Crippen LogP contribution in [-0.4, -0.2) is 11.1 Å². The summed E-state index contributed by atoms with van der Waals surface area (Å²) in [5, 5.41) is 9.09. The molecule has 1 rings (SSSR count). The van der Waals surface area contributed by atoms with Crippen LogP contribution in [0.4, 0.5) is 0 Å². The molecule has 0 aliphatic rings. The summed E-state index contributed by atoms with van der Waals surface area (Å²) < 4.78 is 0. The van der Waals surface area contributed by atoms with Crippen LogP contribution >= 0.6 is 0 Å². The predicted octanol–water partition coefficient (Wildman–Crippen LogP) is 2.75. The van der Waals surface area contributed by atoms with Crippen LogP contribution in [0.2, 0.25) is 0 Å². The van der Waals surface area contributed by atoms with E-state index in [2.05, 4.69) is 6.58 Å². The van der Waals surface area contributed by atoms with E-state index < -0.39 is 5.97 Å². The van der Waals surface area contributed by atoms with Crippen molar-refractivity contribution in [1.82, 2.24) is 0 Å². The van der Waals surface area contributed by atoms with Crippen molar-refractivity contribution in [2.45, 2.75) is 13.3 Å². The van der Waals surface area contributed by atoms with Gasteiger partial charge in [0.1, 0.15) is 0 Å². The lowest BCUT2D eigenvalue weighted by Gasteiger charge is -2.16. The SMILES string of the molecule is C=C[C@H](C)[C@@H](Cc1ccccc1)C(=O)O. The van der Waals surface area contributed by atoms with Gasteiger partial charge in [-0.2, -0.15) is 0 Å². The average molecular weight is 204 g/mol. The third-order valence-electron chi connectivity index (χ3n) is 2.62. The zero-order chi connectivity index (χ0) is 11.3. The Kier molecular flexibility index (Phi) is 4.10. The van der Waals surface area contributed by atoms with Crippen molar-refractivity contribution in [2.24, 2.45) is 11.8 Å². The minimum atomic E-state index is -0.758. The Hall–Kier alpha value is -1.57. The van der Waals surface area contributed by atoms with Gasteiger partial charge in [0.05, 0.1) is 5.92 Å². The summed E-state index contributed by atoms with van der Waals surface area (Å²) in [5.74, 6) is -1.15. The number of carboxylic acid groups (broad SMARTS) is 1. The summed E-state index contributed by atoms with van der Waals surface area (Å²) in [6.45, 7) is 5.53. The zero-order valence-electron chi connectivity index (χ0n) is 8.89. The van der Waals surface area contributed by atoms with Crippen LogP contribution in [0.3, 0.4) is 0 Å². The summed E-state index contributed by atoms with van der Waals surface area (Å²) in [7, 11) is 0. The Morgan fingerprint density at radius 3 is 2.53 bits per heavy atom. The van der Waals surface area contributed by atoms with Gasteiger partial charge in [-0.05, 0) is 17.9 Å². The lowest BCUT2D eigenvalue weighted by Crippen LogP contribution is -2.22. The predicted molar refractivity (Wildman–Crippen MR) is 60.6 cm³/mol. The summed E-state index contributed by atoms with van der Waals surface area (Å²) in [4.78, 5) is 11.1. The maximum Gasteiger partial charge on any atom is 0.307 e. The standard InChI is InChI=1S/C13H16O2/c1-3-10(2)12(13(14)15)9-11-7-5-4-6-8-11/h3-8,10,12H,1,9H2,2H3,(H,14,15)/t10-,12+/m0/s1. The first-order valence-corrected chi connectivity index (χ1v) is 5.04. The molecular formula is C13H16O2. The molecule has 2 nitrogen and oxygen atoms in total. The van der Waals surface area contributed by atoms with E-state index in [1.165, 1.54) is 0 Å². The minimum absolute atomic E-state index is 0.0114. The van der Waals surface area contributed by atoms with Crippen LogP contribution in [-0.2, 0) is 11.2 Å². The third-order valence-corrected chi connectivity index (χ3v) is 2.62. The van der Waals surface area contributed by atoms with Crippen molar-refractivity contribution in [3.8, 4) is 0 Å². The number of aliphatic carboxylic acids is 1. The molecule has 15 heavy (non-hydrogen) atoms. The molecule has 0 spiro atoms. The molecule has 0 aliphatic heterocycles. The first kappa shape index (κ1) is 11.5. The number of allylic oxidation sites excluding steroid dienone is 1. The summed E-state index contributed by atoms with van der Waals surface area (Å²) in [6.07, 6.45) is 2.26. The molecule has 0 radical (unpaired) electrons. The Morgan fingerprint density at radius 1 is 1.47 bits per heavy atom. The molecule has 1 aromatic rings. The molecule has 0 amide bonds. The Labute approximate surface area is 90.3 Å². The van der Waals surface area contributed by atoms with E-state index in [1.807, 2.05) is 37.3 Å². The van der Waals surface area contributed by atoms with Gasteiger partial charge >= 0.3 is 5.97 Å². The van der Waals surface area contributed by atoms with Crippen LogP contribution in [0.5, 0.6) is 0 Å². The molecular weight excluding hydrogens is 188 g/mol. The van der Waals surface area contributed by atoms with Crippen LogP contribution in [0.25, 0.3) is 0 Å². The Bertz CT molecular complexity index is 330. The maximum atomic E-state index is 11.1. The molecule has 0 unspecified atom stereocenters. The van der Waals surface area contributed by atoms with E-state index in [0.29, 0.717) is 6.42 Å². The summed E-state index contributed by atoms with van der Waals surface area (Å²) in [5.41, 5.74) is 1.05. The van der Waals surface area contributed by atoms with Crippen molar-refractivity contribution in [3.63, 3.8) is 0 Å². The number of carboxylic acids is 1. The van der Waals surface area contributed by atoms with Gasteiger partial charge in [0.15, 0.2) is 0 Å². The molecule has 1 N–H and O–H groups in total. The molecule has 0 aromatic heterocycles. The molecule has 0 saturated heterocycles. The molecule has 0 saturated carbocycles. The molecule has 0 fully saturated rings. The zero-order valence-corrected chi connectivity index (χ0v) is 8.89. The minimum Gasteiger partial charge on any atom is -0.481 e. The highest BCUT2D eigenvalue weighted by Crippen LogP contribution is 2.18. The fraction of sp³-hybridized carbons (Fsp3) is 0.308. The summed E-state index contributed by atoms with van der Waals surface area (Å²) in [6, 6.07) is 9.67. The Balaban J connectivity index is 2.76. The van der Waals surface area contributed by atoms with E-state index in [1.54, 1.807) is 6.08 Å². The molecule has 0 heterocycles. The summed E-state index contributed by atoms with van der Waals surface area (Å²) >= 11 is 0. The van der Waals surface area contributed by atoms with Gasteiger partial charge in [-0.1, -0.05) is 43.3 Å². The molecule has 80 valence electrons. The molecule has 1 aromatic carbocycles. The lowest BCUT2D eigenvalue weighted by atomic mass is 9.88. The van der Waals surface area contributed by atoms with E-state index in [-0.39, 0.29) is 11.8 Å². The molecule has 0 bridgehead atoms. The largest absolute Gasteiger partial charge is 0.481 e. The van der Waals surface area contributed by atoms with Gasteiger partial charge in [-0.3, -0.25) is 4.79 Å². The van der Waals surface area contributed by atoms with Crippen molar-refractivity contribution in [2.75, 3.05) is 0 Å². The number of hydrogen-bond acceptors (Lipinski definition) is 1. The number of rotatable bonds is 5. The van der Waals surface area contributed by atoms with Gasteiger partial charge in [0.2, 0.25) is 0 Å². The molecule has 2 heteroatoms. The van der Waals surface area contributed by atoms with Gasteiger partial charge in [-0.25, -0.2) is 0 Å². The van der Waals surface area contributed by atoms with E-state index >= 15 is 0 Å². The van der Waals surface area contributed by atoms with Crippen molar-refractivity contribution in [3.05, 3.63) is 48.6 Å². The second-order valence-corrected chi connectivity index (χ2v) is 3.73. The quantitative estimate of drug-likeness (QED) is 0.749. The number of benzene rings is 1. The normalized spacial score (nSPS) is 14.2. The van der Waals surface area contributed by atoms with Crippen LogP contribution in [0.15, 0.2) is 43.0 Å². The van der Waals surface area contributed by atoms with Crippen molar-refractivity contribution in [1.29, 1.82) is 0 Å². The van der Waals surface area contributed by atoms with Gasteiger partial charge in [0, 0.05) is 0 Å². The smallest absolute Gasteiger partial charge is 0.307 e. The maximum absolute atomic E-state index is 11.1. The van der Waals surface area contributed by atoms with Gasteiger partial charge < -0.3 is 5.11 Å². The van der Waals surface area contributed by atoms with Crippen LogP contribution < -0.4 is 0 Å². The van der Waals surface area contributed by atoms with E-state index in [0.717, 1.165) is 5.56 Å². The first-order valence-electron chi connectivity index (χ1n) is 5.04. The first-order chi connectivity index (χ1) is 7.15. The van der Waals surface area contributed by atoms with Crippen molar-refractivity contribution < 1.29 is 9.90 Å². The topological polar surface area (TPSA) is 37.3 Å². The second kappa shape index (κ2) is 5.35. The van der Waals surface area contributed by atoms with Crippen molar-refractivity contribution >= 4 is 5.97 Å². The highest BCUT2D eigenvalue weighted by molar-refractivity contribution is 5.71. The van der Waals surface area contributed by atoms with E-state index in [4.69, 9.17) is 5.11 Å². The average Bonchev–Trinajstić information content (AvgIpc) is 2.26. The van der Waals surface area contributed by atoms with E-state index in [9.17, 15) is 4.79 Å². The highest BCUT2D eigenvalue weighted by Gasteiger charge is 2.22. The number of carbonyl (C=O) groups is 1. The fourth-order valence-electron chi connectivity index (χ4n) is 1.53. The monoisotopic (exact) mass is 204 g/mol. The third kappa shape index (κ3) is 3.24. The molecule has 2 atom stereocenters. The molecule has 0 aliphatic carbocycles. The van der Waals surface area contributed by atoms with Gasteiger partial charge in [-0.15, -0.1) is 6.58 Å². The van der Waals surface area contributed by atoms with Crippen LogP contribution in [0, 0.1) is 11.8 Å². The number of hydrogen-bond donors (Lipinski definition) is 1. The second-order valence-electron chi connectivity index (χ2n) is 3.73. The van der Waals surface area contributed by atoms with Gasteiger partial charge in [0.25, 0.3) is 0 Å². The fourth-order valence-corrected chi connectivity index (χ4v) is 1.53. The highest BCUT2D eigenvalue weighted by atomic mass is 16.4. The lowest BCUT2D eigenvalue weighted by molar-refractivity contribution is -0.142.